The smallest absolute Gasteiger partial charge is 0.0462 e. The summed E-state index contributed by atoms with van der Waals surface area (Å²) in [5.74, 6) is 0. The molecule has 1 N–H and O–H groups in total. The van der Waals surface area contributed by atoms with Crippen LogP contribution in [-0.4, -0.2) is 30.6 Å². The Morgan fingerprint density at radius 2 is 2.11 bits per heavy atom. The molecule has 1 rings (SSSR count). The highest BCUT2D eigenvalue weighted by Gasteiger charge is 2.07. The summed E-state index contributed by atoms with van der Waals surface area (Å²) in [7, 11) is 0. The van der Waals surface area contributed by atoms with Gasteiger partial charge in [0.1, 0.15) is 0 Å². The summed E-state index contributed by atoms with van der Waals surface area (Å²) >= 11 is 9.67. The number of hydrogen-bond donors (Lipinski definition) is 1. The fraction of sp³-hybridized carbons (Fsp3) is 0.571. The maximum atomic E-state index is 6.24. The van der Waals surface area contributed by atoms with Crippen molar-refractivity contribution in [3.8, 4) is 0 Å². The number of rotatable bonds is 7. The van der Waals surface area contributed by atoms with Gasteiger partial charge in [0.25, 0.3) is 0 Å². The van der Waals surface area contributed by atoms with Crippen molar-refractivity contribution < 1.29 is 0 Å². The van der Waals surface area contributed by atoms with Gasteiger partial charge in [-0.15, -0.1) is 0 Å². The van der Waals surface area contributed by atoms with E-state index in [1.165, 1.54) is 5.56 Å². The van der Waals surface area contributed by atoms with Crippen LogP contribution in [0.2, 0.25) is 5.02 Å². The number of benzene rings is 1. The SMILES string of the molecule is CCN(CCNC(C)C)Cc1ccc(Br)cc1Cl. The molecule has 0 saturated carbocycles. The van der Waals surface area contributed by atoms with E-state index >= 15 is 0 Å². The fourth-order valence-corrected chi connectivity index (χ4v) is 2.48. The highest BCUT2D eigenvalue weighted by Crippen LogP contribution is 2.22. The van der Waals surface area contributed by atoms with Crippen LogP contribution in [0, 0.1) is 0 Å². The zero-order valence-corrected chi connectivity index (χ0v) is 13.7. The van der Waals surface area contributed by atoms with Crippen LogP contribution in [0.5, 0.6) is 0 Å². The summed E-state index contributed by atoms with van der Waals surface area (Å²) in [5.41, 5.74) is 1.19. The minimum absolute atomic E-state index is 0.542. The molecule has 0 aromatic heterocycles. The summed E-state index contributed by atoms with van der Waals surface area (Å²) in [6.45, 7) is 10.5. The molecule has 18 heavy (non-hydrogen) atoms. The van der Waals surface area contributed by atoms with E-state index in [1.54, 1.807) is 0 Å². The first-order valence-corrected chi connectivity index (χ1v) is 7.59. The van der Waals surface area contributed by atoms with E-state index < -0.39 is 0 Å². The quantitative estimate of drug-likeness (QED) is 0.813. The van der Waals surface area contributed by atoms with Gasteiger partial charge in [0.05, 0.1) is 0 Å². The van der Waals surface area contributed by atoms with Gasteiger partial charge in [-0.1, -0.05) is 54.4 Å². The average Bonchev–Trinajstić information content (AvgIpc) is 2.30. The predicted octanol–water partition coefficient (Wildman–Crippen LogP) is 3.92. The lowest BCUT2D eigenvalue weighted by Crippen LogP contribution is -2.34. The van der Waals surface area contributed by atoms with Gasteiger partial charge in [-0.3, -0.25) is 4.90 Å². The normalized spacial score (nSPS) is 11.5. The van der Waals surface area contributed by atoms with Crippen LogP contribution in [0.25, 0.3) is 0 Å². The number of hydrogen-bond acceptors (Lipinski definition) is 2. The van der Waals surface area contributed by atoms with Crippen LogP contribution in [0.1, 0.15) is 26.3 Å². The van der Waals surface area contributed by atoms with Gasteiger partial charge in [-0.25, -0.2) is 0 Å². The summed E-state index contributed by atoms with van der Waals surface area (Å²) in [4.78, 5) is 2.39. The molecule has 0 amide bonds. The van der Waals surface area contributed by atoms with Crippen molar-refractivity contribution >= 4 is 27.5 Å². The molecule has 102 valence electrons. The third kappa shape index (κ3) is 5.70. The molecule has 0 aliphatic heterocycles. The van der Waals surface area contributed by atoms with E-state index in [4.69, 9.17) is 11.6 Å². The van der Waals surface area contributed by atoms with Crippen molar-refractivity contribution in [1.29, 1.82) is 0 Å². The third-order valence-electron chi connectivity index (χ3n) is 2.84. The lowest BCUT2D eigenvalue weighted by molar-refractivity contribution is 0.276. The number of nitrogens with zero attached hydrogens (tertiary/aromatic N) is 1. The van der Waals surface area contributed by atoms with E-state index in [-0.39, 0.29) is 0 Å². The Morgan fingerprint density at radius 1 is 1.39 bits per heavy atom. The fourth-order valence-electron chi connectivity index (χ4n) is 1.75. The van der Waals surface area contributed by atoms with Crippen LogP contribution in [-0.2, 0) is 6.54 Å². The molecular weight excluding hydrogens is 312 g/mol. The van der Waals surface area contributed by atoms with E-state index in [1.807, 2.05) is 12.1 Å². The molecule has 0 fully saturated rings. The molecule has 2 nitrogen and oxygen atoms in total. The Labute approximate surface area is 124 Å². The van der Waals surface area contributed by atoms with Gasteiger partial charge in [0.2, 0.25) is 0 Å². The number of nitrogens with one attached hydrogen (secondary N) is 1. The van der Waals surface area contributed by atoms with Gasteiger partial charge in [-0.05, 0) is 24.2 Å². The van der Waals surface area contributed by atoms with Gasteiger partial charge in [0.15, 0.2) is 0 Å². The monoisotopic (exact) mass is 332 g/mol. The Hall–Kier alpha value is -0.0900. The molecule has 0 heterocycles. The molecule has 0 radical (unpaired) electrons. The molecule has 4 heteroatoms. The third-order valence-corrected chi connectivity index (χ3v) is 3.68. The topological polar surface area (TPSA) is 15.3 Å². The van der Waals surface area contributed by atoms with Crippen LogP contribution in [0.15, 0.2) is 22.7 Å². The Balaban J connectivity index is 2.51. The number of likely N-dealkylation sites (N-methyl/N-ethyl adjacent to an activating group) is 1. The maximum Gasteiger partial charge on any atom is 0.0462 e. The van der Waals surface area contributed by atoms with Crippen LogP contribution in [0.3, 0.4) is 0 Å². The van der Waals surface area contributed by atoms with Crippen LogP contribution in [0.4, 0.5) is 0 Å². The van der Waals surface area contributed by atoms with Crippen LogP contribution >= 0.6 is 27.5 Å². The molecule has 0 unspecified atom stereocenters. The predicted molar refractivity (Wildman–Crippen MR) is 83.2 cm³/mol. The van der Waals surface area contributed by atoms with Gasteiger partial charge in [0, 0.05) is 35.2 Å². The minimum atomic E-state index is 0.542. The Morgan fingerprint density at radius 3 is 2.67 bits per heavy atom. The molecule has 0 atom stereocenters. The highest BCUT2D eigenvalue weighted by molar-refractivity contribution is 9.10. The molecule has 0 aliphatic rings. The molecule has 0 aliphatic carbocycles. The van der Waals surface area contributed by atoms with Crippen LogP contribution < -0.4 is 5.32 Å². The van der Waals surface area contributed by atoms with Crippen molar-refractivity contribution in [2.24, 2.45) is 0 Å². The minimum Gasteiger partial charge on any atom is -0.313 e. The van der Waals surface area contributed by atoms with Crippen molar-refractivity contribution in [3.63, 3.8) is 0 Å². The summed E-state index contributed by atoms with van der Waals surface area (Å²) < 4.78 is 1.03. The van der Waals surface area contributed by atoms with E-state index in [0.29, 0.717) is 6.04 Å². The first kappa shape index (κ1) is 16.0. The van der Waals surface area contributed by atoms with Gasteiger partial charge < -0.3 is 5.32 Å². The highest BCUT2D eigenvalue weighted by atomic mass is 79.9. The summed E-state index contributed by atoms with van der Waals surface area (Å²) in [6.07, 6.45) is 0. The largest absolute Gasteiger partial charge is 0.313 e. The van der Waals surface area contributed by atoms with Crippen molar-refractivity contribution in [2.45, 2.75) is 33.4 Å². The van der Waals surface area contributed by atoms with Crippen molar-refractivity contribution in [3.05, 3.63) is 33.3 Å². The van der Waals surface area contributed by atoms with Crippen molar-refractivity contribution in [1.82, 2.24) is 10.2 Å². The number of halogens is 2. The maximum absolute atomic E-state index is 6.24. The average molecular weight is 334 g/mol. The molecule has 1 aromatic carbocycles. The lowest BCUT2D eigenvalue weighted by atomic mass is 10.2. The molecule has 1 aromatic rings. The summed E-state index contributed by atoms with van der Waals surface area (Å²) in [6, 6.07) is 6.63. The van der Waals surface area contributed by atoms with E-state index in [9.17, 15) is 0 Å². The van der Waals surface area contributed by atoms with E-state index in [2.05, 4.69) is 53.0 Å². The molecule has 0 saturated heterocycles. The standard InChI is InChI=1S/C14H22BrClN2/c1-4-18(8-7-17-11(2)3)10-12-5-6-13(15)9-14(12)16/h5-6,9,11,17H,4,7-8,10H2,1-3H3. The summed E-state index contributed by atoms with van der Waals surface area (Å²) in [5, 5.41) is 4.27. The lowest BCUT2D eigenvalue weighted by Gasteiger charge is -2.22. The second kappa shape index (κ2) is 8.16. The second-order valence-electron chi connectivity index (χ2n) is 4.71. The van der Waals surface area contributed by atoms with E-state index in [0.717, 1.165) is 35.7 Å². The molecular formula is C14H22BrClN2. The Bertz CT molecular complexity index is 369. The molecule has 0 bridgehead atoms. The first-order chi connectivity index (χ1) is 8.52. The second-order valence-corrected chi connectivity index (χ2v) is 6.04. The van der Waals surface area contributed by atoms with Gasteiger partial charge in [-0.2, -0.15) is 0 Å². The van der Waals surface area contributed by atoms with Gasteiger partial charge >= 0.3 is 0 Å². The zero-order valence-electron chi connectivity index (χ0n) is 11.3. The van der Waals surface area contributed by atoms with Crippen molar-refractivity contribution in [2.75, 3.05) is 19.6 Å². The zero-order chi connectivity index (χ0) is 13.5. The Kier molecular flexibility index (Phi) is 7.23. The first-order valence-electron chi connectivity index (χ1n) is 6.42. The molecule has 0 spiro atoms.